The molecule has 32 heavy (non-hydrogen) atoms. The van der Waals surface area contributed by atoms with Crippen molar-refractivity contribution in [2.24, 2.45) is 0 Å². The van der Waals surface area contributed by atoms with Gasteiger partial charge in [0.15, 0.2) is 0 Å². The van der Waals surface area contributed by atoms with Crippen molar-refractivity contribution in [1.82, 2.24) is 14.6 Å². The number of ether oxygens (including phenoxy) is 2. The molecule has 10 heteroatoms. The molecular weight excluding hydrogens is 427 g/mol. The number of carboxylic acids is 1. The number of aromatic nitrogens is 3. The lowest BCUT2D eigenvalue weighted by Gasteiger charge is -2.09. The van der Waals surface area contributed by atoms with Crippen LogP contribution >= 0.6 is 0 Å². The van der Waals surface area contributed by atoms with Crippen molar-refractivity contribution in [3.63, 3.8) is 0 Å². The van der Waals surface area contributed by atoms with E-state index in [1.54, 1.807) is 35.0 Å². The molecule has 4 rings (SSSR count). The van der Waals surface area contributed by atoms with Gasteiger partial charge in [0.05, 0.1) is 24.5 Å². The van der Waals surface area contributed by atoms with Crippen LogP contribution in [0.3, 0.4) is 0 Å². The van der Waals surface area contributed by atoms with Crippen LogP contribution in [0.5, 0.6) is 11.5 Å². The molecule has 0 amide bonds. The normalized spacial score (nSPS) is 11.5. The van der Waals surface area contributed by atoms with Crippen LogP contribution in [0.15, 0.2) is 60.8 Å². The summed E-state index contributed by atoms with van der Waals surface area (Å²) in [7, 11) is 1.52. The van der Waals surface area contributed by atoms with Crippen LogP contribution in [0.2, 0.25) is 0 Å². The molecule has 0 spiro atoms. The maximum absolute atomic E-state index is 12.5. The van der Waals surface area contributed by atoms with E-state index in [1.165, 1.54) is 37.4 Å². The molecule has 0 aliphatic heterocycles. The van der Waals surface area contributed by atoms with Gasteiger partial charge in [0.25, 0.3) is 0 Å². The van der Waals surface area contributed by atoms with Crippen LogP contribution in [0.1, 0.15) is 21.7 Å². The van der Waals surface area contributed by atoms with Gasteiger partial charge in [-0.2, -0.15) is 5.10 Å². The quantitative estimate of drug-likeness (QED) is 0.469. The molecule has 0 bridgehead atoms. The lowest BCUT2D eigenvalue weighted by atomic mass is 10.0. The van der Waals surface area contributed by atoms with E-state index in [4.69, 9.17) is 4.74 Å². The second kappa shape index (κ2) is 8.22. The van der Waals surface area contributed by atoms with Crippen LogP contribution in [-0.2, 0) is 6.42 Å². The summed E-state index contributed by atoms with van der Waals surface area (Å²) in [5.74, 6) is -0.918. The van der Waals surface area contributed by atoms with E-state index >= 15 is 0 Å². The Morgan fingerprint density at radius 1 is 1.06 bits per heavy atom. The van der Waals surface area contributed by atoms with Gasteiger partial charge in [-0.05, 0) is 48.5 Å². The maximum atomic E-state index is 12.5. The predicted octanol–water partition coefficient (Wildman–Crippen LogP) is 4.59. The molecule has 1 N–H and O–H groups in total. The molecule has 164 valence electrons. The smallest absolute Gasteiger partial charge is 0.495 e. The number of fused-ring (bicyclic) bond motifs is 1. The molecule has 0 atom stereocenters. The Morgan fingerprint density at radius 3 is 2.44 bits per heavy atom. The Morgan fingerprint density at radius 2 is 1.78 bits per heavy atom. The standard InChI is InChI=1S/C22H16F3N3O4/c1-31-16-9-10-19-17(11-14-3-2-4-18(26-14)21(29)30)20(27-28(19)12-16)13-5-7-15(8-6-13)32-22(23,24)25/h2-10,12H,11H2,1H3,(H,29,30). The average Bonchev–Trinajstić information content (AvgIpc) is 3.10. The van der Waals surface area contributed by atoms with E-state index in [9.17, 15) is 23.1 Å². The molecule has 3 heterocycles. The highest BCUT2D eigenvalue weighted by Gasteiger charge is 2.31. The summed E-state index contributed by atoms with van der Waals surface area (Å²) < 4.78 is 48.2. The zero-order valence-electron chi connectivity index (χ0n) is 16.6. The summed E-state index contributed by atoms with van der Waals surface area (Å²) in [4.78, 5) is 15.4. The van der Waals surface area contributed by atoms with Crippen LogP contribution in [0.4, 0.5) is 13.2 Å². The number of carboxylic acid groups (broad SMARTS) is 1. The Kier molecular flexibility index (Phi) is 5.43. The fourth-order valence-corrected chi connectivity index (χ4v) is 3.30. The zero-order valence-corrected chi connectivity index (χ0v) is 16.6. The Labute approximate surface area is 179 Å². The number of pyridine rings is 2. The zero-order chi connectivity index (χ0) is 22.9. The number of benzene rings is 1. The van der Waals surface area contributed by atoms with Crippen molar-refractivity contribution in [2.45, 2.75) is 12.8 Å². The van der Waals surface area contributed by atoms with Crippen LogP contribution in [-0.4, -0.2) is 39.1 Å². The average molecular weight is 443 g/mol. The minimum atomic E-state index is -4.78. The molecule has 0 fully saturated rings. The van der Waals surface area contributed by atoms with Gasteiger partial charge in [0.1, 0.15) is 17.2 Å². The van der Waals surface area contributed by atoms with Crippen molar-refractivity contribution >= 4 is 11.5 Å². The third-order valence-electron chi connectivity index (χ3n) is 4.69. The van der Waals surface area contributed by atoms with Crippen LogP contribution in [0.25, 0.3) is 16.8 Å². The molecule has 0 aliphatic carbocycles. The maximum Gasteiger partial charge on any atom is 0.573 e. The molecule has 7 nitrogen and oxygen atoms in total. The first-order valence-corrected chi connectivity index (χ1v) is 9.34. The molecule has 0 unspecified atom stereocenters. The van der Waals surface area contributed by atoms with Crippen molar-refractivity contribution in [2.75, 3.05) is 7.11 Å². The molecular formula is C22H16F3N3O4. The number of hydrogen-bond donors (Lipinski definition) is 1. The summed E-state index contributed by atoms with van der Waals surface area (Å²) in [6.07, 6.45) is -2.86. The largest absolute Gasteiger partial charge is 0.573 e. The van der Waals surface area contributed by atoms with Crippen molar-refractivity contribution in [1.29, 1.82) is 0 Å². The van der Waals surface area contributed by atoms with Gasteiger partial charge >= 0.3 is 12.3 Å². The number of methoxy groups -OCH3 is 1. The van der Waals surface area contributed by atoms with Crippen molar-refractivity contribution in [3.8, 4) is 22.8 Å². The first kappa shape index (κ1) is 21.2. The van der Waals surface area contributed by atoms with Crippen molar-refractivity contribution < 1.29 is 32.5 Å². The molecule has 0 saturated carbocycles. The molecule has 0 saturated heterocycles. The van der Waals surface area contributed by atoms with Gasteiger partial charge in [0, 0.05) is 23.2 Å². The number of carbonyl (C=O) groups is 1. The second-order valence-electron chi connectivity index (χ2n) is 6.79. The number of nitrogens with zero attached hydrogens (tertiary/aromatic N) is 3. The number of rotatable bonds is 6. The SMILES string of the molecule is COc1ccc2c(Cc3cccc(C(=O)O)n3)c(-c3ccc(OC(F)(F)F)cc3)nn2c1. The third-order valence-corrected chi connectivity index (χ3v) is 4.69. The monoisotopic (exact) mass is 443 g/mol. The van der Waals surface area contributed by atoms with Gasteiger partial charge in [-0.25, -0.2) is 14.3 Å². The topological polar surface area (TPSA) is 86.0 Å². The van der Waals surface area contributed by atoms with E-state index in [2.05, 4.69) is 14.8 Å². The van der Waals surface area contributed by atoms with E-state index in [0.717, 1.165) is 11.1 Å². The fourth-order valence-electron chi connectivity index (χ4n) is 3.30. The molecule has 0 radical (unpaired) electrons. The van der Waals surface area contributed by atoms with Gasteiger partial charge in [-0.15, -0.1) is 13.2 Å². The molecule has 3 aromatic heterocycles. The van der Waals surface area contributed by atoms with Gasteiger partial charge in [0.2, 0.25) is 0 Å². The first-order chi connectivity index (χ1) is 15.2. The molecule has 1 aromatic carbocycles. The highest BCUT2D eigenvalue weighted by molar-refractivity contribution is 5.85. The molecule has 0 aliphatic rings. The summed E-state index contributed by atoms with van der Waals surface area (Å²) in [6.45, 7) is 0. The predicted molar refractivity (Wildman–Crippen MR) is 108 cm³/mol. The van der Waals surface area contributed by atoms with E-state index in [1.807, 2.05) is 0 Å². The van der Waals surface area contributed by atoms with E-state index in [-0.39, 0.29) is 17.9 Å². The summed E-state index contributed by atoms with van der Waals surface area (Å²) in [5, 5.41) is 13.8. The van der Waals surface area contributed by atoms with Gasteiger partial charge in [-0.1, -0.05) is 6.07 Å². The fraction of sp³-hybridized carbons (Fsp3) is 0.136. The van der Waals surface area contributed by atoms with E-state index in [0.29, 0.717) is 22.7 Å². The van der Waals surface area contributed by atoms with Crippen LogP contribution in [0, 0.1) is 0 Å². The van der Waals surface area contributed by atoms with Gasteiger partial charge in [-0.3, -0.25) is 0 Å². The lowest BCUT2D eigenvalue weighted by Crippen LogP contribution is -2.16. The minimum absolute atomic E-state index is 0.0872. The minimum Gasteiger partial charge on any atom is -0.495 e. The highest BCUT2D eigenvalue weighted by atomic mass is 19.4. The number of alkyl halides is 3. The third kappa shape index (κ3) is 4.48. The number of aromatic carboxylic acids is 1. The Bertz CT molecular complexity index is 1280. The number of halogens is 3. The Hall–Kier alpha value is -4.08. The first-order valence-electron chi connectivity index (χ1n) is 9.34. The highest BCUT2D eigenvalue weighted by Crippen LogP contribution is 2.31. The second-order valence-corrected chi connectivity index (χ2v) is 6.79. The van der Waals surface area contributed by atoms with Crippen LogP contribution < -0.4 is 9.47 Å². The molecule has 4 aromatic rings. The van der Waals surface area contributed by atoms with Gasteiger partial charge < -0.3 is 14.6 Å². The van der Waals surface area contributed by atoms with Crippen molar-refractivity contribution in [3.05, 3.63) is 77.7 Å². The number of hydrogen-bond acceptors (Lipinski definition) is 5. The summed E-state index contributed by atoms with van der Waals surface area (Å²) in [5.41, 5.74) is 2.95. The lowest BCUT2D eigenvalue weighted by molar-refractivity contribution is -0.274. The summed E-state index contributed by atoms with van der Waals surface area (Å²) >= 11 is 0. The Balaban J connectivity index is 1.79. The summed E-state index contributed by atoms with van der Waals surface area (Å²) in [6, 6.07) is 13.6. The van der Waals surface area contributed by atoms with E-state index < -0.39 is 12.3 Å².